The largest absolute Gasteiger partial charge is 0.453 e. The van der Waals surface area contributed by atoms with Gasteiger partial charge in [0.1, 0.15) is 5.58 Å². The van der Waals surface area contributed by atoms with Crippen LogP contribution in [0.2, 0.25) is 0 Å². The van der Waals surface area contributed by atoms with Crippen LogP contribution < -0.4 is 5.43 Å². The first-order valence-electron chi connectivity index (χ1n) is 7.31. The number of furan rings is 1. The number of hydrogen-bond acceptors (Lipinski definition) is 4. The van der Waals surface area contributed by atoms with Crippen molar-refractivity contribution in [2.75, 3.05) is 19.6 Å². The maximum atomic E-state index is 10.9. The topological polar surface area (TPSA) is 45.5 Å². The summed E-state index contributed by atoms with van der Waals surface area (Å²) in [7, 11) is 0. The van der Waals surface area contributed by atoms with Crippen LogP contribution in [0.1, 0.15) is 34.9 Å². The number of benzene rings is 1. The number of fused-ring (bicyclic) bond motifs is 5. The third-order valence-corrected chi connectivity index (χ3v) is 4.77. The standard InChI is InChI=1S/C16H18N2O2/c19-10-12-8-14-13(2-1-3-16(14)20-12)15-9-17-18-6-4-11(15)5-7-18/h1-3,8,10-11,15,17H,4-7,9H2. The summed E-state index contributed by atoms with van der Waals surface area (Å²) in [5, 5.41) is 3.44. The van der Waals surface area contributed by atoms with Gasteiger partial charge in [-0.15, -0.1) is 0 Å². The number of hydrogen-bond donors (Lipinski definition) is 1. The quantitative estimate of drug-likeness (QED) is 0.852. The van der Waals surface area contributed by atoms with Gasteiger partial charge in [-0.2, -0.15) is 0 Å². The highest BCUT2D eigenvalue weighted by Crippen LogP contribution is 2.38. The van der Waals surface area contributed by atoms with Crippen LogP contribution in [0.5, 0.6) is 0 Å². The van der Waals surface area contributed by atoms with E-state index >= 15 is 0 Å². The van der Waals surface area contributed by atoms with E-state index in [2.05, 4.69) is 16.5 Å². The molecule has 2 bridgehead atoms. The molecule has 4 nitrogen and oxygen atoms in total. The van der Waals surface area contributed by atoms with E-state index in [9.17, 15) is 4.79 Å². The number of rotatable bonds is 2. The fourth-order valence-corrected chi connectivity index (χ4v) is 3.70. The minimum Gasteiger partial charge on any atom is -0.453 e. The molecule has 5 rings (SSSR count). The number of aldehydes is 1. The van der Waals surface area contributed by atoms with E-state index < -0.39 is 0 Å². The normalized spacial score (nSPS) is 29.5. The second-order valence-electron chi connectivity index (χ2n) is 5.82. The molecule has 1 unspecified atom stereocenters. The van der Waals surface area contributed by atoms with Crippen molar-refractivity contribution in [2.45, 2.75) is 18.8 Å². The zero-order valence-electron chi connectivity index (χ0n) is 11.3. The highest BCUT2D eigenvalue weighted by atomic mass is 16.3. The molecule has 0 radical (unpaired) electrons. The summed E-state index contributed by atoms with van der Waals surface area (Å²) in [5.74, 6) is 1.65. The van der Waals surface area contributed by atoms with Gasteiger partial charge in [0.05, 0.1) is 0 Å². The second kappa shape index (κ2) is 4.72. The van der Waals surface area contributed by atoms with Gasteiger partial charge in [-0.3, -0.25) is 10.2 Å². The Morgan fingerprint density at radius 3 is 2.95 bits per heavy atom. The molecule has 3 saturated heterocycles. The van der Waals surface area contributed by atoms with Crippen molar-refractivity contribution < 1.29 is 9.21 Å². The lowest BCUT2D eigenvalue weighted by molar-refractivity contribution is 0.110. The average molecular weight is 270 g/mol. The van der Waals surface area contributed by atoms with Gasteiger partial charge in [0.15, 0.2) is 12.0 Å². The number of hydrazine groups is 1. The molecule has 3 aliphatic rings. The fraction of sp³-hybridized carbons (Fsp3) is 0.438. The molecule has 0 amide bonds. The molecule has 1 aromatic heterocycles. The van der Waals surface area contributed by atoms with Crippen LogP contribution in [0.25, 0.3) is 11.0 Å². The highest BCUT2D eigenvalue weighted by molar-refractivity contribution is 5.87. The zero-order chi connectivity index (χ0) is 13.5. The molecule has 1 aromatic carbocycles. The Morgan fingerprint density at radius 1 is 1.30 bits per heavy atom. The number of nitrogens with one attached hydrogen (secondary N) is 1. The molecule has 1 N–H and O–H groups in total. The Balaban J connectivity index is 1.80. The summed E-state index contributed by atoms with van der Waals surface area (Å²) < 4.78 is 5.56. The maximum absolute atomic E-state index is 10.9. The molecule has 1 atom stereocenters. The molecule has 20 heavy (non-hydrogen) atoms. The molecular weight excluding hydrogens is 252 g/mol. The van der Waals surface area contributed by atoms with E-state index in [1.807, 2.05) is 18.2 Å². The predicted octanol–water partition coefficient (Wildman–Crippen LogP) is 2.56. The van der Waals surface area contributed by atoms with Crippen molar-refractivity contribution in [3.63, 3.8) is 0 Å². The number of nitrogens with zero attached hydrogens (tertiary/aromatic N) is 1. The fourth-order valence-electron chi connectivity index (χ4n) is 3.70. The molecule has 0 spiro atoms. The van der Waals surface area contributed by atoms with Gasteiger partial charge in [-0.1, -0.05) is 12.1 Å². The van der Waals surface area contributed by atoms with Gasteiger partial charge < -0.3 is 4.42 Å². The van der Waals surface area contributed by atoms with E-state index in [1.54, 1.807) is 0 Å². The van der Waals surface area contributed by atoms with E-state index in [4.69, 9.17) is 4.42 Å². The van der Waals surface area contributed by atoms with E-state index in [-0.39, 0.29) is 0 Å². The first kappa shape index (κ1) is 12.1. The summed E-state index contributed by atoms with van der Waals surface area (Å²) in [6.07, 6.45) is 3.27. The molecule has 4 heteroatoms. The van der Waals surface area contributed by atoms with Crippen LogP contribution in [0.3, 0.4) is 0 Å². The third-order valence-electron chi connectivity index (χ3n) is 4.77. The summed E-state index contributed by atoms with van der Waals surface area (Å²) in [6.45, 7) is 3.26. The molecule has 3 aliphatic heterocycles. The Labute approximate surface area is 117 Å². The minimum atomic E-state index is 0.419. The van der Waals surface area contributed by atoms with Crippen molar-refractivity contribution >= 4 is 17.3 Å². The molecule has 104 valence electrons. The minimum absolute atomic E-state index is 0.419. The first-order valence-corrected chi connectivity index (χ1v) is 7.31. The molecular formula is C16H18N2O2. The van der Waals surface area contributed by atoms with Crippen molar-refractivity contribution in [2.24, 2.45) is 5.92 Å². The number of carbonyl (C=O) groups excluding carboxylic acids is 1. The summed E-state index contributed by atoms with van der Waals surface area (Å²) in [6, 6.07) is 8.05. The average Bonchev–Trinajstić information content (AvgIpc) is 2.70. The predicted molar refractivity (Wildman–Crippen MR) is 76.6 cm³/mol. The van der Waals surface area contributed by atoms with Crippen LogP contribution in [0, 0.1) is 5.92 Å². The van der Waals surface area contributed by atoms with Crippen molar-refractivity contribution in [3.05, 3.63) is 35.6 Å². The Hall–Kier alpha value is -1.65. The summed E-state index contributed by atoms with van der Waals surface area (Å²) in [4.78, 5) is 10.9. The summed E-state index contributed by atoms with van der Waals surface area (Å²) in [5.41, 5.74) is 5.68. The van der Waals surface area contributed by atoms with Crippen LogP contribution in [-0.4, -0.2) is 30.9 Å². The SMILES string of the molecule is O=Cc1cc2c(C3CNN4CCC3CC4)cccc2o1. The van der Waals surface area contributed by atoms with Crippen LogP contribution in [-0.2, 0) is 0 Å². The molecule has 3 fully saturated rings. The maximum Gasteiger partial charge on any atom is 0.185 e. The first-order chi connectivity index (χ1) is 9.85. The molecule has 0 aliphatic carbocycles. The lowest BCUT2D eigenvalue weighted by atomic mass is 9.80. The number of carbonyl (C=O) groups is 1. The second-order valence-corrected chi connectivity index (χ2v) is 5.82. The van der Waals surface area contributed by atoms with Gasteiger partial charge in [-0.25, -0.2) is 5.01 Å². The van der Waals surface area contributed by atoms with Crippen molar-refractivity contribution in [1.82, 2.24) is 10.4 Å². The van der Waals surface area contributed by atoms with Crippen LogP contribution in [0.4, 0.5) is 0 Å². The smallest absolute Gasteiger partial charge is 0.185 e. The highest BCUT2D eigenvalue weighted by Gasteiger charge is 2.32. The van der Waals surface area contributed by atoms with E-state index in [0.717, 1.165) is 42.8 Å². The monoisotopic (exact) mass is 270 g/mol. The van der Waals surface area contributed by atoms with Gasteiger partial charge in [0, 0.05) is 30.9 Å². The third kappa shape index (κ3) is 1.87. The van der Waals surface area contributed by atoms with Crippen LogP contribution >= 0.6 is 0 Å². The van der Waals surface area contributed by atoms with E-state index in [0.29, 0.717) is 11.7 Å². The van der Waals surface area contributed by atoms with Crippen molar-refractivity contribution in [3.8, 4) is 0 Å². The molecule has 0 saturated carbocycles. The molecule has 4 heterocycles. The Bertz CT molecular complexity index is 641. The zero-order valence-corrected chi connectivity index (χ0v) is 11.3. The molecule has 2 aromatic rings. The van der Waals surface area contributed by atoms with Gasteiger partial charge in [0.25, 0.3) is 0 Å². The van der Waals surface area contributed by atoms with E-state index in [1.165, 1.54) is 18.4 Å². The van der Waals surface area contributed by atoms with Gasteiger partial charge >= 0.3 is 0 Å². The summed E-state index contributed by atoms with van der Waals surface area (Å²) >= 11 is 0. The van der Waals surface area contributed by atoms with Crippen LogP contribution in [0.15, 0.2) is 28.7 Å². The lowest BCUT2D eigenvalue weighted by Crippen LogP contribution is -2.39. The Morgan fingerprint density at radius 2 is 2.15 bits per heavy atom. The lowest BCUT2D eigenvalue weighted by Gasteiger charge is -2.28. The van der Waals surface area contributed by atoms with Crippen molar-refractivity contribution in [1.29, 1.82) is 0 Å². The number of piperidine rings is 1. The van der Waals surface area contributed by atoms with Gasteiger partial charge in [0.2, 0.25) is 0 Å². The Kier molecular flexibility index (Phi) is 2.86. The van der Waals surface area contributed by atoms with Gasteiger partial charge in [-0.05, 0) is 36.5 Å².